The molecule has 0 aliphatic heterocycles. The molecule has 0 saturated heterocycles. The Morgan fingerprint density at radius 3 is 2.22 bits per heavy atom. The van der Waals surface area contributed by atoms with Crippen molar-refractivity contribution in [2.75, 3.05) is 0 Å². The van der Waals surface area contributed by atoms with Gasteiger partial charge in [0.05, 0.1) is 0 Å². The molecule has 1 aliphatic carbocycles. The van der Waals surface area contributed by atoms with E-state index in [0.717, 1.165) is 12.0 Å². The van der Waals surface area contributed by atoms with Crippen molar-refractivity contribution in [3.05, 3.63) is 23.8 Å². The van der Waals surface area contributed by atoms with Crippen LogP contribution in [0.3, 0.4) is 0 Å². The van der Waals surface area contributed by atoms with Crippen molar-refractivity contribution in [1.29, 1.82) is 0 Å². The van der Waals surface area contributed by atoms with Crippen LogP contribution >= 0.6 is 34.8 Å². The number of allylic oxidation sites excluding steroid dienone is 4. The summed E-state index contributed by atoms with van der Waals surface area (Å²) >= 11 is 16.7. The topological polar surface area (TPSA) is 0 Å². The molecule has 1 rings (SSSR count). The van der Waals surface area contributed by atoms with E-state index in [9.17, 15) is 0 Å². The van der Waals surface area contributed by atoms with E-state index in [4.69, 9.17) is 34.8 Å². The van der Waals surface area contributed by atoms with Crippen LogP contribution in [0, 0.1) is 0 Å². The summed E-state index contributed by atoms with van der Waals surface area (Å²) < 4.78 is -1.20. The summed E-state index contributed by atoms with van der Waals surface area (Å²) in [4.78, 5) is 0. The first-order chi connectivity index (χ1) is 4.11. The average Bonchev–Trinajstić information content (AvgIpc) is 2.08. The van der Waals surface area contributed by atoms with Crippen molar-refractivity contribution >= 4 is 34.8 Å². The first kappa shape index (κ1) is 7.46. The van der Waals surface area contributed by atoms with E-state index in [0.29, 0.717) is 0 Å². The summed E-state index contributed by atoms with van der Waals surface area (Å²) in [7, 11) is 0. The zero-order chi connectivity index (χ0) is 6.91. The van der Waals surface area contributed by atoms with Gasteiger partial charge in [-0.15, -0.1) is 0 Å². The number of hydrogen-bond donors (Lipinski definition) is 0. The monoisotopic (exact) mass is 182 g/mol. The van der Waals surface area contributed by atoms with Gasteiger partial charge in [-0.1, -0.05) is 53.0 Å². The Morgan fingerprint density at radius 1 is 1.33 bits per heavy atom. The summed E-state index contributed by atoms with van der Waals surface area (Å²) in [5, 5.41) is 0. The standard InChI is InChI=1S/C6H5Cl3/c7-6(8,9)5-3-1-2-4-5/h1-3H,4H2. The second kappa shape index (κ2) is 2.53. The summed E-state index contributed by atoms with van der Waals surface area (Å²) in [6.45, 7) is 0. The van der Waals surface area contributed by atoms with Crippen molar-refractivity contribution in [1.82, 2.24) is 0 Å². The normalized spacial score (nSPS) is 18.3. The number of rotatable bonds is 0. The van der Waals surface area contributed by atoms with Crippen molar-refractivity contribution in [3.8, 4) is 0 Å². The maximum Gasteiger partial charge on any atom is 0.212 e. The van der Waals surface area contributed by atoms with Crippen molar-refractivity contribution in [2.24, 2.45) is 0 Å². The highest BCUT2D eigenvalue weighted by Gasteiger charge is 2.25. The third-order valence-electron chi connectivity index (χ3n) is 1.14. The van der Waals surface area contributed by atoms with Gasteiger partial charge in [0.1, 0.15) is 0 Å². The lowest BCUT2D eigenvalue weighted by Gasteiger charge is -2.10. The quantitative estimate of drug-likeness (QED) is 0.506. The molecule has 1 aliphatic rings. The molecular formula is C6H5Cl3. The Bertz CT molecular complexity index is 162. The number of halogens is 3. The van der Waals surface area contributed by atoms with Crippen LogP contribution in [0.5, 0.6) is 0 Å². The Hall–Kier alpha value is 0.350. The van der Waals surface area contributed by atoms with E-state index in [-0.39, 0.29) is 0 Å². The lowest BCUT2D eigenvalue weighted by Crippen LogP contribution is -2.03. The van der Waals surface area contributed by atoms with Crippen LogP contribution in [0.4, 0.5) is 0 Å². The molecule has 0 N–H and O–H groups in total. The number of alkyl halides is 3. The third-order valence-corrected chi connectivity index (χ3v) is 1.86. The van der Waals surface area contributed by atoms with Gasteiger partial charge >= 0.3 is 0 Å². The second-order valence-corrected chi connectivity index (χ2v) is 4.10. The summed E-state index contributed by atoms with van der Waals surface area (Å²) in [5.74, 6) is 0. The van der Waals surface area contributed by atoms with E-state index in [1.165, 1.54) is 0 Å². The van der Waals surface area contributed by atoms with Gasteiger partial charge in [0.2, 0.25) is 3.79 Å². The molecule has 0 heterocycles. The smallest absolute Gasteiger partial charge is 0.0803 e. The van der Waals surface area contributed by atoms with E-state index in [1.807, 2.05) is 18.2 Å². The van der Waals surface area contributed by atoms with Gasteiger partial charge in [-0.2, -0.15) is 0 Å². The van der Waals surface area contributed by atoms with E-state index >= 15 is 0 Å². The lowest BCUT2D eigenvalue weighted by atomic mass is 10.3. The predicted octanol–water partition coefficient (Wildman–Crippen LogP) is 3.24. The third kappa shape index (κ3) is 1.89. The van der Waals surface area contributed by atoms with E-state index in [2.05, 4.69) is 0 Å². The summed E-state index contributed by atoms with van der Waals surface area (Å²) in [5.41, 5.74) is 0.840. The largest absolute Gasteiger partial charge is 0.212 e. The molecule has 50 valence electrons. The van der Waals surface area contributed by atoms with Crippen molar-refractivity contribution in [2.45, 2.75) is 10.2 Å². The van der Waals surface area contributed by atoms with Gasteiger partial charge in [0.15, 0.2) is 0 Å². The molecule has 0 radical (unpaired) electrons. The van der Waals surface area contributed by atoms with Crippen LogP contribution < -0.4 is 0 Å². The van der Waals surface area contributed by atoms with Gasteiger partial charge in [-0.25, -0.2) is 0 Å². The molecule has 9 heavy (non-hydrogen) atoms. The Morgan fingerprint density at radius 2 is 2.00 bits per heavy atom. The Balaban J connectivity index is 2.66. The fourth-order valence-corrected chi connectivity index (χ4v) is 1.08. The highest BCUT2D eigenvalue weighted by Crippen LogP contribution is 2.38. The van der Waals surface area contributed by atoms with Gasteiger partial charge < -0.3 is 0 Å². The SMILES string of the molecule is ClC(Cl)(Cl)C1=CC=CC1. The lowest BCUT2D eigenvalue weighted by molar-refractivity contribution is 1.16. The fraction of sp³-hybridized carbons (Fsp3) is 0.333. The highest BCUT2D eigenvalue weighted by atomic mass is 35.6. The molecule has 0 spiro atoms. The molecule has 0 aromatic carbocycles. The Kier molecular flexibility index (Phi) is 2.10. The average molecular weight is 183 g/mol. The van der Waals surface area contributed by atoms with Crippen LogP contribution in [0.25, 0.3) is 0 Å². The molecule has 0 saturated carbocycles. The van der Waals surface area contributed by atoms with Gasteiger partial charge in [-0.3, -0.25) is 0 Å². The van der Waals surface area contributed by atoms with Crippen LogP contribution in [0.15, 0.2) is 23.8 Å². The maximum absolute atomic E-state index is 5.56. The zero-order valence-electron chi connectivity index (χ0n) is 4.57. The molecule has 0 fully saturated rings. The molecule has 3 heteroatoms. The molecule has 0 nitrogen and oxygen atoms in total. The van der Waals surface area contributed by atoms with Crippen LogP contribution in [0.2, 0.25) is 0 Å². The van der Waals surface area contributed by atoms with Crippen LogP contribution in [-0.2, 0) is 0 Å². The van der Waals surface area contributed by atoms with Gasteiger partial charge in [0.25, 0.3) is 0 Å². The van der Waals surface area contributed by atoms with E-state index < -0.39 is 3.79 Å². The zero-order valence-corrected chi connectivity index (χ0v) is 6.84. The van der Waals surface area contributed by atoms with Crippen LogP contribution in [-0.4, -0.2) is 3.79 Å². The van der Waals surface area contributed by atoms with Gasteiger partial charge in [-0.05, 0) is 12.0 Å². The minimum Gasteiger partial charge on any atom is -0.0803 e. The molecule has 0 bridgehead atoms. The summed E-state index contributed by atoms with van der Waals surface area (Å²) in [6, 6.07) is 0. The minimum atomic E-state index is -1.20. The van der Waals surface area contributed by atoms with Crippen LogP contribution in [0.1, 0.15) is 6.42 Å². The molecule has 0 aromatic heterocycles. The molecule has 0 atom stereocenters. The maximum atomic E-state index is 5.56. The van der Waals surface area contributed by atoms with Gasteiger partial charge in [0, 0.05) is 0 Å². The second-order valence-electron chi connectivity index (χ2n) is 1.82. The highest BCUT2D eigenvalue weighted by molar-refractivity contribution is 6.69. The van der Waals surface area contributed by atoms with Crippen molar-refractivity contribution < 1.29 is 0 Å². The molecule has 0 aromatic rings. The first-order valence-corrected chi connectivity index (χ1v) is 3.67. The van der Waals surface area contributed by atoms with E-state index in [1.54, 1.807) is 0 Å². The van der Waals surface area contributed by atoms with Crippen molar-refractivity contribution in [3.63, 3.8) is 0 Å². The number of hydrogen-bond acceptors (Lipinski definition) is 0. The first-order valence-electron chi connectivity index (χ1n) is 2.53. The molecule has 0 amide bonds. The Labute approximate surface area is 69.1 Å². The predicted molar refractivity (Wildman–Crippen MR) is 42.1 cm³/mol. The molecule has 0 unspecified atom stereocenters. The molecular weight excluding hydrogens is 178 g/mol. The summed E-state index contributed by atoms with van der Waals surface area (Å²) in [6.07, 6.45) is 6.43. The minimum absolute atomic E-state index is 0.760. The fourth-order valence-electron chi connectivity index (χ4n) is 0.657.